The minimum absolute atomic E-state index is 0.0942. The van der Waals surface area contributed by atoms with Crippen molar-refractivity contribution in [2.24, 2.45) is 0 Å². The van der Waals surface area contributed by atoms with Gasteiger partial charge in [-0.2, -0.15) is 0 Å². The smallest absolute Gasteiger partial charge is 0.295 e. The Labute approximate surface area is 186 Å². The molecule has 1 amide bonds. The first-order valence-electron chi connectivity index (χ1n) is 10.0. The van der Waals surface area contributed by atoms with Gasteiger partial charge in [0.2, 0.25) is 5.82 Å². The van der Waals surface area contributed by atoms with Crippen molar-refractivity contribution in [3.8, 4) is 17.1 Å². The minimum Gasteiger partial charge on any atom is -0.319 e. The molecule has 0 aliphatic carbocycles. The van der Waals surface area contributed by atoms with E-state index >= 15 is 0 Å². The van der Waals surface area contributed by atoms with Crippen LogP contribution in [0.5, 0.6) is 0 Å². The standard InChI is InChI=1S/C25H23ClN4O/c1-15-6-5-7-19(12-15)24-28-23(25(31)27-21-13-16(2)8-9-17(21)3)29-30(24)22-14-20(26)11-10-18(22)4/h5-14H,1-4H3,(H,27,31). The maximum absolute atomic E-state index is 13.0. The Morgan fingerprint density at radius 2 is 1.65 bits per heavy atom. The highest BCUT2D eigenvalue weighted by atomic mass is 35.5. The monoisotopic (exact) mass is 430 g/mol. The summed E-state index contributed by atoms with van der Waals surface area (Å²) in [5.74, 6) is 0.318. The van der Waals surface area contributed by atoms with Crippen molar-refractivity contribution in [1.29, 1.82) is 0 Å². The molecule has 3 aromatic carbocycles. The average Bonchev–Trinajstić information content (AvgIpc) is 3.18. The van der Waals surface area contributed by atoms with Gasteiger partial charge < -0.3 is 5.32 Å². The third-order valence-electron chi connectivity index (χ3n) is 5.13. The van der Waals surface area contributed by atoms with Crippen molar-refractivity contribution in [1.82, 2.24) is 14.8 Å². The van der Waals surface area contributed by atoms with E-state index in [1.165, 1.54) is 0 Å². The van der Waals surface area contributed by atoms with Crippen molar-refractivity contribution >= 4 is 23.2 Å². The van der Waals surface area contributed by atoms with Crippen molar-refractivity contribution in [3.05, 3.63) is 93.8 Å². The molecule has 0 aliphatic heterocycles. The summed E-state index contributed by atoms with van der Waals surface area (Å²) in [5.41, 5.74) is 6.51. The molecule has 0 aliphatic rings. The van der Waals surface area contributed by atoms with Gasteiger partial charge in [0.25, 0.3) is 5.91 Å². The van der Waals surface area contributed by atoms with Crippen molar-refractivity contribution < 1.29 is 4.79 Å². The Hall–Kier alpha value is -3.44. The highest BCUT2D eigenvalue weighted by Gasteiger charge is 2.20. The normalized spacial score (nSPS) is 10.9. The topological polar surface area (TPSA) is 59.8 Å². The molecule has 6 heteroatoms. The van der Waals surface area contributed by atoms with Gasteiger partial charge in [-0.15, -0.1) is 5.10 Å². The second-order valence-corrected chi connectivity index (χ2v) is 8.18. The van der Waals surface area contributed by atoms with Crippen LogP contribution in [0.1, 0.15) is 32.9 Å². The first-order valence-corrected chi connectivity index (χ1v) is 10.4. The van der Waals surface area contributed by atoms with E-state index in [0.29, 0.717) is 10.8 Å². The highest BCUT2D eigenvalue weighted by molar-refractivity contribution is 6.30. The molecule has 0 unspecified atom stereocenters. The van der Waals surface area contributed by atoms with Gasteiger partial charge in [0.15, 0.2) is 5.82 Å². The molecule has 0 spiro atoms. The van der Waals surface area contributed by atoms with E-state index in [0.717, 1.165) is 39.2 Å². The fraction of sp³-hybridized carbons (Fsp3) is 0.160. The lowest BCUT2D eigenvalue weighted by atomic mass is 10.1. The first-order chi connectivity index (χ1) is 14.8. The Morgan fingerprint density at radius 1 is 0.903 bits per heavy atom. The van der Waals surface area contributed by atoms with Crippen LogP contribution in [0, 0.1) is 27.7 Å². The van der Waals surface area contributed by atoms with Gasteiger partial charge in [-0.1, -0.05) is 53.6 Å². The molecule has 0 radical (unpaired) electrons. The zero-order valence-electron chi connectivity index (χ0n) is 17.9. The zero-order chi connectivity index (χ0) is 22.1. The predicted molar refractivity (Wildman–Crippen MR) is 125 cm³/mol. The van der Waals surface area contributed by atoms with E-state index in [-0.39, 0.29) is 11.7 Å². The number of carbonyl (C=O) groups excluding carboxylic acids is 1. The van der Waals surface area contributed by atoms with Crippen LogP contribution in [0.3, 0.4) is 0 Å². The second kappa shape index (κ2) is 8.36. The molecular formula is C25H23ClN4O. The number of hydrogen-bond acceptors (Lipinski definition) is 3. The fourth-order valence-electron chi connectivity index (χ4n) is 3.41. The summed E-state index contributed by atoms with van der Waals surface area (Å²) in [7, 11) is 0. The first kappa shape index (κ1) is 20.8. The minimum atomic E-state index is -0.360. The number of nitrogens with one attached hydrogen (secondary N) is 1. The van der Waals surface area contributed by atoms with Gasteiger partial charge in [-0.3, -0.25) is 4.79 Å². The molecule has 4 aromatic rings. The van der Waals surface area contributed by atoms with Crippen LogP contribution in [-0.4, -0.2) is 20.7 Å². The van der Waals surface area contributed by atoms with Crippen LogP contribution in [-0.2, 0) is 0 Å². The average molecular weight is 431 g/mol. The summed E-state index contributed by atoms with van der Waals surface area (Å²) in [6.45, 7) is 7.93. The number of carbonyl (C=O) groups is 1. The van der Waals surface area contributed by atoms with E-state index in [9.17, 15) is 4.79 Å². The molecule has 156 valence electrons. The van der Waals surface area contributed by atoms with Crippen LogP contribution >= 0.6 is 11.6 Å². The van der Waals surface area contributed by atoms with E-state index in [1.54, 1.807) is 4.68 Å². The fourth-order valence-corrected chi connectivity index (χ4v) is 3.57. The maximum Gasteiger partial charge on any atom is 0.295 e. The Bertz CT molecular complexity index is 1290. The summed E-state index contributed by atoms with van der Waals surface area (Å²) >= 11 is 6.26. The molecule has 0 atom stereocenters. The number of amides is 1. The highest BCUT2D eigenvalue weighted by Crippen LogP contribution is 2.26. The zero-order valence-corrected chi connectivity index (χ0v) is 18.7. The summed E-state index contributed by atoms with van der Waals surface area (Å²) in [5, 5.41) is 8.11. The summed E-state index contributed by atoms with van der Waals surface area (Å²) in [4.78, 5) is 17.7. The van der Waals surface area contributed by atoms with Gasteiger partial charge in [-0.25, -0.2) is 9.67 Å². The number of nitrogens with zero attached hydrogens (tertiary/aromatic N) is 3. The molecule has 5 nitrogen and oxygen atoms in total. The number of hydrogen-bond donors (Lipinski definition) is 1. The van der Waals surface area contributed by atoms with Crippen LogP contribution in [0.2, 0.25) is 5.02 Å². The molecule has 31 heavy (non-hydrogen) atoms. The molecule has 0 saturated heterocycles. The van der Waals surface area contributed by atoms with Crippen molar-refractivity contribution in [2.45, 2.75) is 27.7 Å². The van der Waals surface area contributed by atoms with Gasteiger partial charge >= 0.3 is 0 Å². The lowest BCUT2D eigenvalue weighted by molar-refractivity contribution is 0.101. The Kier molecular flexibility index (Phi) is 5.61. The van der Waals surface area contributed by atoms with Crippen molar-refractivity contribution in [2.75, 3.05) is 5.32 Å². The summed E-state index contributed by atoms with van der Waals surface area (Å²) in [6, 6.07) is 19.5. The Balaban J connectivity index is 1.82. The van der Waals surface area contributed by atoms with Gasteiger partial charge in [0.1, 0.15) is 0 Å². The number of aryl methyl sites for hydroxylation is 4. The van der Waals surface area contributed by atoms with Gasteiger partial charge in [0.05, 0.1) is 5.69 Å². The molecule has 4 rings (SSSR count). The number of anilines is 1. The lowest BCUT2D eigenvalue weighted by Crippen LogP contribution is -2.15. The van der Waals surface area contributed by atoms with Gasteiger partial charge in [0, 0.05) is 16.3 Å². The molecule has 0 bridgehead atoms. The quantitative estimate of drug-likeness (QED) is 0.427. The predicted octanol–water partition coefficient (Wildman–Crippen LogP) is 6.07. The van der Waals surface area contributed by atoms with Gasteiger partial charge in [-0.05, 0) is 68.7 Å². The molecule has 1 N–H and O–H groups in total. The van der Waals surface area contributed by atoms with E-state index in [1.807, 2.05) is 88.4 Å². The summed E-state index contributed by atoms with van der Waals surface area (Å²) in [6.07, 6.45) is 0. The molecule has 1 heterocycles. The van der Waals surface area contributed by atoms with Crippen LogP contribution < -0.4 is 5.32 Å². The van der Waals surface area contributed by atoms with Crippen LogP contribution in [0.4, 0.5) is 5.69 Å². The van der Waals surface area contributed by atoms with E-state index < -0.39 is 0 Å². The summed E-state index contributed by atoms with van der Waals surface area (Å²) < 4.78 is 1.69. The maximum atomic E-state index is 13.0. The largest absolute Gasteiger partial charge is 0.319 e. The molecule has 0 saturated carbocycles. The lowest BCUT2D eigenvalue weighted by Gasteiger charge is -2.10. The van der Waals surface area contributed by atoms with E-state index in [2.05, 4.69) is 15.4 Å². The number of benzene rings is 3. The molecule has 0 fully saturated rings. The second-order valence-electron chi connectivity index (χ2n) is 7.74. The molecule has 1 aromatic heterocycles. The Morgan fingerprint density at radius 3 is 2.42 bits per heavy atom. The molecular weight excluding hydrogens is 408 g/mol. The number of halogens is 1. The van der Waals surface area contributed by atoms with Crippen molar-refractivity contribution in [3.63, 3.8) is 0 Å². The number of rotatable bonds is 4. The van der Waals surface area contributed by atoms with E-state index in [4.69, 9.17) is 11.6 Å². The van der Waals surface area contributed by atoms with Crippen LogP contribution in [0.25, 0.3) is 17.1 Å². The number of aromatic nitrogens is 3. The third-order valence-corrected chi connectivity index (χ3v) is 5.36. The SMILES string of the molecule is Cc1cccc(-c2nc(C(=O)Nc3cc(C)ccc3C)nn2-c2cc(Cl)ccc2C)c1. The third kappa shape index (κ3) is 4.37. The van der Waals surface area contributed by atoms with Crippen LogP contribution in [0.15, 0.2) is 60.7 Å².